The van der Waals surface area contributed by atoms with E-state index in [1.807, 2.05) is 30.3 Å². The number of sulfonamides is 1. The quantitative estimate of drug-likeness (QED) is 0.806. The molecular formula is C18H22ClN3O2S. The summed E-state index contributed by atoms with van der Waals surface area (Å²) in [7, 11) is -3.65. The molecule has 0 radical (unpaired) electrons. The molecule has 134 valence electrons. The fourth-order valence-corrected chi connectivity index (χ4v) is 3.30. The second kappa shape index (κ2) is 8.97. The maximum Gasteiger partial charge on any atom is 0.240 e. The lowest BCUT2D eigenvalue weighted by atomic mass is 9.99. The molecule has 0 aliphatic rings. The smallest absolute Gasteiger partial charge is 0.240 e. The van der Waals surface area contributed by atoms with Crippen LogP contribution < -0.4 is 10.5 Å². The number of nitrogens with zero attached hydrogens (tertiary/aromatic N) is 1. The Morgan fingerprint density at radius 2 is 1.56 bits per heavy atom. The summed E-state index contributed by atoms with van der Waals surface area (Å²) < 4.78 is 27.0. The summed E-state index contributed by atoms with van der Waals surface area (Å²) >= 11 is 0. The van der Waals surface area contributed by atoms with Crippen molar-refractivity contribution in [2.24, 2.45) is 5.73 Å². The van der Waals surface area contributed by atoms with E-state index in [0.29, 0.717) is 11.5 Å². The third kappa shape index (κ3) is 5.55. The number of nitrogens with one attached hydrogen (secondary N) is 1. The molecule has 7 heteroatoms. The minimum Gasteiger partial charge on any atom is -0.323 e. The fourth-order valence-electron chi connectivity index (χ4n) is 2.24. The summed E-state index contributed by atoms with van der Waals surface area (Å²) in [5, 5.41) is 8.76. The van der Waals surface area contributed by atoms with Crippen LogP contribution >= 0.6 is 12.4 Å². The molecule has 0 spiro atoms. The average molecular weight is 380 g/mol. The molecule has 3 N–H and O–H groups in total. The van der Waals surface area contributed by atoms with Gasteiger partial charge in [0, 0.05) is 12.6 Å². The van der Waals surface area contributed by atoms with E-state index in [2.05, 4.69) is 18.6 Å². The highest BCUT2D eigenvalue weighted by atomic mass is 35.5. The zero-order valence-electron chi connectivity index (χ0n) is 14.1. The largest absolute Gasteiger partial charge is 0.323 e. The lowest BCUT2D eigenvalue weighted by Crippen LogP contribution is -2.32. The molecule has 0 aliphatic carbocycles. The Morgan fingerprint density at radius 1 is 1.04 bits per heavy atom. The van der Waals surface area contributed by atoms with Crippen molar-refractivity contribution in [1.29, 1.82) is 5.26 Å². The molecule has 0 saturated heterocycles. The molecule has 0 bridgehead atoms. The van der Waals surface area contributed by atoms with Crippen molar-refractivity contribution in [2.45, 2.75) is 30.7 Å². The van der Waals surface area contributed by atoms with Gasteiger partial charge < -0.3 is 5.73 Å². The molecule has 0 aromatic heterocycles. The Morgan fingerprint density at radius 3 is 2.04 bits per heavy atom. The Kier molecular flexibility index (Phi) is 7.59. The molecule has 0 amide bonds. The topological polar surface area (TPSA) is 96.0 Å². The second-order valence-electron chi connectivity index (χ2n) is 5.92. The molecular weight excluding hydrogens is 358 g/mol. The van der Waals surface area contributed by atoms with Crippen LogP contribution in [-0.4, -0.2) is 15.0 Å². The van der Waals surface area contributed by atoms with Crippen molar-refractivity contribution in [3.8, 4) is 6.07 Å². The van der Waals surface area contributed by atoms with Gasteiger partial charge in [0.1, 0.15) is 0 Å². The lowest BCUT2D eigenvalue weighted by molar-refractivity contribution is 0.572. The van der Waals surface area contributed by atoms with E-state index >= 15 is 0 Å². The monoisotopic (exact) mass is 379 g/mol. The molecule has 2 aromatic carbocycles. The van der Waals surface area contributed by atoms with Gasteiger partial charge in [-0.2, -0.15) is 5.26 Å². The predicted octanol–water partition coefficient (Wildman–Crippen LogP) is 3.08. The zero-order valence-corrected chi connectivity index (χ0v) is 15.8. The van der Waals surface area contributed by atoms with Gasteiger partial charge in [-0.1, -0.05) is 38.1 Å². The molecule has 2 rings (SSSR count). The first-order valence-electron chi connectivity index (χ1n) is 7.69. The highest BCUT2D eigenvalue weighted by Crippen LogP contribution is 2.18. The minimum atomic E-state index is -3.65. The number of halogens is 1. The van der Waals surface area contributed by atoms with Gasteiger partial charge in [-0.25, -0.2) is 13.1 Å². The molecule has 1 atom stereocenters. The molecule has 25 heavy (non-hydrogen) atoms. The van der Waals surface area contributed by atoms with Crippen molar-refractivity contribution in [2.75, 3.05) is 6.54 Å². The maximum absolute atomic E-state index is 12.3. The van der Waals surface area contributed by atoms with E-state index in [0.717, 1.165) is 5.56 Å². The number of benzene rings is 2. The van der Waals surface area contributed by atoms with Gasteiger partial charge in [-0.3, -0.25) is 0 Å². The van der Waals surface area contributed by atoms with Gasteiger partial charge in [0.05, 0.1) is 16.5 Å². The first-order chi connectivity index (χ1) is 11.3. The first-order valence-corrected chi connectivity index (χ1v) is 9.17. The Hall–Kier alpha value is -1.91. The summed E-state index contributed by atoms with van der Waals surface area (Å²) in [6.07, 6.45) is 0. The number of nitriles is 1. The highest BCUT2D eigenvalue weighted by molar-refractivity contribution is 7.89. The van der Waals surface area contributed by atoms with Gasteiger partial charge >= 0.3 is 0 Å². The fraction of sp³-hybridized carbons (Fsp3) is 0.278. The molecule has 0 fully saturated rings. The Labute approximate surface area is 155 Å². The van der Waals surface area contributed by atoms with Crippen molar-refractivity contribution in [3.63, 3.8) is 0 Å². The molecule has 0 saturated carbocycles. The zero-order chi connectivity index (χ0) is 17.7. The summed E-state index contributed by atoms with van der Waals surface area (Å²) in [4.78, 5) is 0.115. The molecule has 2 aromatic rings. The number of hydrogen-bond acceptors (Lipinski definition) is 4. The van der Waals surface area contributed by atoms with E-state index in [4.69, 9.17) is 11.0 Å². The van der Waals surface area contributed by atoms with Crippen molar-refractivity contribution < 1.29 is 8.42 Å². The van der Waals surface area contributed by atoms with E-state index in [9.17, 15) is 8.42 Å². The number of rotatable bonds is 6. The van der Waals surface area contributed by atoms with Gasteiger partial charge in [0.15, 0.2) is 0 Å². The van der Waals surface area contributed by atoms with Gasteiger partial charge in [0.2, 0.25) is 10.0 Å². The van der Waals surface area contributed by atoms with Crippen LogP contribution in [0, 0.1) is 11.3 Å². The Balaban J connectivity index is 0.00000312. The van der Waals surface area contributed by atoms with E-state index < -0.39 is 16.1 Å². The van der Waals surface area contributed by atoms with Crippen LogP contribution in [0.2, 0.25) is 0 Å². The van der Waals surface area contributed by atoms with Crippen molar-refractivity contribution in [3.05, 3.63) is 65.2 Å². The van der Waals surface area contributed by atoms with Crippen LogP contribution in [0.1, 0.15) is 42.5 Å². The first kappa shape index (κ1) is 21.1. The van der Waals surface area contributed by atoms with Gasteiger partial charge in [0.25, 0.3) is 0 Å². The molecule has 5 nitrogen and oxygen atoms in total. The van der Waals surface area contributed by atoms with Crippen LogP contribution in [0.5, 0.6) is 0 Å². The van der Waals surface area contributed by atoms with Crippen LogP contribution in [0.3, 0.4) is 0 Å². The number of hydrogen-bond donors (Lipinski definition) is 2. The van der Waals surface area contributed by atoms with Crippen molar-refractivity contribution >= 4 is 22.4 Å². The van der Waals surface area contributed by atoms with Crippen LogP contribution in [0.15, 0.2) is 53.4 Å². The molecule has 0 heterocycles. The van der Waals surface area contributed by atoms with Crippen LogP contribution in [0.25, 0.3) is 0 Å². The minimum absolute atomic E-state index is 0. The second-order valence-corrected chi connectivity index (χ2v) is 7.68. The standard InChI is InChI=1S/C18H21N3O2S.ClH/c1-13(2)15-5-7-16(8-6-15)18(20)12-21-24(22,23)17-9-3-14(11-19)4-10-17;/h3-10,13,18,21H,12,20H2,1-2H3;1H. The average Bonchev–Trinajstić information content (AvgIpc) is 2.60. The van der Waals surface area contributed by atoms with E-state index in [-0.39, 0.29) is 23.8 Å². The van der Waals surface area contributed by atoms with Gasteiger partial charge in [-0.15, -0.1) is 12.4 Å². The molecule has 1 unspecified atom stereocenters. The highest BCUT2D eigenvalue weighted by Gasteiger charge is 2.16. The summed E-state index contributed by atoms with van der Waals surface area (Å²) in [5.41, 5.74) is 8.58. The van der Waals surface area contributed by atoms with Crippen LogP contribution in [-0.2, 0) is 10.0 Å². The maximum atomic E-state index is 12.3. The number of nitrogens with two attached hydrogens (primary N) is 1. The third-order valence-electron chi connectivity index (χ3n) is 3.82. The third-order valence-corrected chi connectivity index (χ3v) is 5.26. The predicted molar refractivity (Wildman–Crippen MR) is 101 cm³/mol. The Bertz CT molecular complexity index is 826. The lowest BCUT2D eigenvalue weighted by Gasteiger charge is -2.15. The van der Waals surface area contributed by atoms with E-state index in [1.54, 1.807) is 0 Å². The summed E-state index contributed by atoms with van der Waals surface area (Å²) in [6.45, 7) is 4.32. The van der Waals surface area contributed by atoms with Crippen molar-refractivity contribution in [1.82, 2.24) is 4.72 Å². The summed E-state index contributed by atoms with van der Waals surface area (Å²) in [6, 6.07) is 15.2. The van der Waals surface area contributed by atoms with E-state index in [1.165, 1.54) is 29.8 Å². The SMILES string of the molecule is CC(C)c1ccc(C(N)CNS(=O)(=O)c2ccc(C#N)cc2)cc1.Cl. The summed E-state index contributed by atoms with van der Waals surface area (Å²) in [5.74, 6) is 0.435. The van der Waals surface area contributed by atoms with Crippen LogP contribution in [0.4, 0.5) is 0 Å². The molecule has 0 aliphatic heterocycles. The normalized spacial score (nSPS) is 12.3. The van der Waals surface area contributed by atoms with Gasteiger partial charge in [-0.05, 0) is 41.3 Å².